The predicted octanol–water partition coefficient (Wildman–Crippen LogP) is 4.94. The van der Waals surface area contributed by atoms with Crippen LogP contribution in [0.15, 0.2) is 54.6 Å². The Morgan fingerprint density at radius 1 is 1.14 bits per heavy atom. The average molecular weight is 383 g/mol. The third-order valence-electron chi connectivity index (χ3n) is 5.42. The Morgan fingerprint density at radius 2 is 1.86 bits per heavy atom. The number of nitrogens with zero attached hydrogens (tertiary/aromatic N) is 1. The van der Waals surface area contributed by atoms with Crippen molar-refractivity contribution in [2.75, 3.05) is 13.1 Å². The van der Waals surface area contributed by atoms with Gasteiger partial charge in [0.1, 0.15) is 5.82 Å². The first kappa shape index (κ1) is 20.5. The van der Waals surface area contributed by atoms with Crippen molar-refractivity contribution in [1.82, 2.24) is 10.2 Å². The summed E-state index contributed by atoms with van der Waals surface area (Å²) >= 11 is 0. The van der Waals surface area contributed by atoms with E-state index in [9.17, 15) is 9.18 Å². The fourth-order valence-corrected chi connectivity index (χ4v) is 3.99. The quantitative estimate of drug-likeness (QED) is 0.735. The zero-order valence-corrected chi connectivity index (χ0v) is 16.9. The van der Waals surface area contributed by atoms with Crippen LogP contribution in [-0.4, -0.2) is 23.9 Å². The molecule has 1 amide bonds. The van der Waals surface area contributed by atoms with Crippen LogP contribution in [0.3, 0.4) is 0 Å². The summed E-state index contributed by atoms with van der Waals surface area (Å²) in [6.07, 6.45) is 2.87. The molecule has 28 heavy (non-hydrogen) atoms. The first-order valence-corrected chi connectivity index (χ1v) is 10.3. The molecule has 3 rings (SSSR count). The fourth-order valence-electron chi connectivity index (χ4n) is 3.99. The number of hydrogen-bond donors (Lipinski definition) is 1. The molecule has 1 heterocycles. The molecule has 2 aromatic carbocycles. The normalized spacial score (nSPS) is 18.8. The van der Waals surface area contributed by atoms with Gasteiger partial charge in [-0.1, -0.05) is 56.3 Å². The summed E-state index contributed by atoms with van der Waals surface area (Å²) < 4.78 is 13.1. The molecule has 0 aromatic heterocycles. The van der Waals surface area contributed by atoms with E-state index in [-0.39, 0.29) is 23.7 Å². The zero-order valence-electron chi connectivity index (χ0n) is 16.9. The predicted molar refractivity (Wildman–Crippen MR) is 111 cm³/mol. The van der Waals surface area contributed by atoms with Crippen molar-refractivity contribution in [2.45, 2.75) is 45.7 Å². The fraction of sp³-hybridized carbons (Fsp3) is 0.458. The molecule has 2 aromatic rings. The van der Waals surface area contributed by atoms with Crippen LogP contribution in [0.1, 0.15) is 50.3 Å². The third-order valence-corrected chi connectivity index (χ3v) is 5.42. The number of carbonyl (C=O) groups excluding carboxylic acids is 1. The van der Waals surface area contributed by atoms with E-state index in [0.29, 0.717) is 5.92 Å². The summed E-state index contributed by atoms with van der Waals surface area (Å²) in [5.41, 5.74) is 2.26. The molecule has 0 spiro atoms. The van der Waals surface area contributed by atoms with E-state index in [0.717, 1.165) is 44.5 Å². The molecule has 0 unspecified atom stereocenters. The van der Waals surface area contributed by atoms with Crippen LogP contribution in [0.25, 0.3) is 0 Å². The topological polar surface area (TPSA) is 32.3 Å². The molecule has 2 atom stereocenters. The van der Waals surface area contributed by atoms with Crippen LogP contribution < -0.4 is 5.32 Å². The molecular formula is C24H31FN2O. The summed E-state index contributed by atoms with van der Waals surface area (Å²) in [5.74, 6) is 0.453. The largest absolute Gasteiger partial charge is 0.349 e. The highest BCUT2D eigenvalue weighted by Crippen LogP contribution is 2.24. The smallest absolute Gasteiger partial charge is 0.224 e. The van der Waals surface area contributed by atoms with Crippen molar-refractivity contribution in [3.63, 3.8) is 0 Å². The van der Waals surface area contributed by atoms with Gasteiger partial charge >= 0.3 is 0 Å². The van der Waals surface area contributed by atoms with Crippen molar-refractivity contribution in [3.05, 3.63) is 71.5 Å². The molecule has 150 valence electrons. The number of nitrogens with one attached hydrogen (secondary N) is 1. The van der Waals surface area contributed by atoms with Gasteiger partial charge in [-0.15, -0.1) is 0 Å². The van der Waals surface area contributed by atoms with E-state index in [4.69, 9.17) is 0 Å². The van der Waals surface area contributed by atoms with Crippen molar-refractivity contribution in [2.24, 2.45) is 11.8 Å². The number of hydrogen-bond acceptors (Lipinski definition) is 2. The molecule has 0 aliphatic carbocycles. The van der Waals surface area contributed by atoms with Crippen LogP contribution in [-0.2, 0) is 11.3 Å². The zero-order chi connectivity index (χ0) is 19.9. The Balaban J connectivity index is 1.61. The molecule has 1 aliphatic heterocycles. The van der Waals surface area contributed by atoms with E-state index >= 15 is 0 Å². The maximum Gasteiger partial charge on any atom is 0.224 e. The third kappa shape index (κ3) is 5.90. The lowest BCUT2D eigenvalue weighted by atomic mass is 9.93. The second kappa shape index (κ2) is 9.83. The minimum Gasteiger partial charge on any atom is -0.349 e. The van der Waals surface area contributed by atoms with E-state index in [1.54, 1.807) is 0 Å². The van der Waals surface area contributed by atoms with E-state index in [1.165, 1.54) is 17.7 Å². The standard InChI is InChI=1S/C24H31FN2O/c1-18(2)15-23(20-7-4-3-5-8-20)26-24(28)21-9-6-14-27(17-21)16-19-10-12-22(25)13-11-19/h3-5,7-8,10-13,18,21,23H,6,9,14-17H2,1-2H3,(H,26,28)/t21-,23+/m1/s1. The molecule has 0 radical (unpaired) electrons. The van der Waals surface area contributed by atoms with Gasteiger partial charge in [-0.25, -0.2) is 4.39 Å². The second-order valence-electron chi connectivity index (χ2n) is 8.30. The van der Waals surface area contributed by atoms with Gasteiger partial charge in [0, 0.05) is 13.1 Å². The number of likely N-dealkylation sites (tertiary alicyclic amines) is 1. The number of carbonyl (C=O) groups is 1. The van der Waals surface area contributed by atoms with Gasteiger partial charge in [-0.05, 0) is 55.0 Å². The lowest BCUT2D eigenvalue weighted by Crippen LogP contribution is -2.43. The highest BCUT2D eigenvalue weighted by Gasteiger charge is 2.27. The molecule has 1 aliphatic rings. The maximum absolute atomic E-state index is 13.1. The van der Waals surface area contributed by atoms with Gasteiger partial charge in [0.25, 0.3) is 0 Å². The lowest BCUT2D eigenvalue weighted by Gasteiger charge is -2.33. The Bertz CT molecular complexity index is 745. The van der Waals surface area contributed by atoms with Crippen molar-refractivity contribution in [1.29, 1.82) is 0 Å². The number of halogens is 1. The first-order valence-electron chi connectivity index (χ1n) is 10.3. The minimum atomic E-state index is -0.211. The number of benzene rings is 2. The van der Waals surface area contributed by atoms with Crippen LogP contribution in [0.5, 0.6) is 0 Å². The average Bonchev–Trinajstić information content (AvgIpc) is 2.70. The van der Waals surface area contributed by atoms with Gasteiger partial charge in [-0.3, -0.25) is 9.69 Å². The van der Waals surface area contributed by atoms with E-state index in [1.807, 2.05) is 30.3 Å². The lowest BCUT2D eigenvalue weighted by molar-refractivity contribution is -0.127. The van der Waals surface area contributed by atoms with Crippen LogP contribution in [0.2, 0.25) is 0 Å². The van der Waals surface area contributed by atoms with Crippen molar-refractivity contribution in [3.8, 4) is 0 Å². The Labute approximate surface area is 167 Å². The van der Waals surface area contributed by atoms with Gasteiger partial charge < -0.3 is 5.32 Å². The number of piperidine rings is 1. The van der Waals surface area contributed by atoms with E-state index < -0.39 is 0 Å². The molecule has 0 saturated carbocycles. The van der Waals surface area contributed by atoms with Gasteiger partial charge in [0.2, 0.25) is 5.91 Å². The molecular weight excluding hydrogens is 351 g/mol. The van der Waals surface area contributed by atoms with Crippen LogP contribution in [0, 0.1) is 17.7 Å². The summed E-state index contributed by atoms with van der Waals surface area (Å²) in [6.45, 7) is 6.88. The molecule has 3 nitrogen and oxygen atoms in total. The summed E-state index contributed by atoms with van der Waals surface area (Å²) in [7, 11) is 0. The van der Waals surface area contributed by atoms with Gasteiger partial charge in [-0.2, -0.15) is 0 Å². The molecule has 0 bridgehead atoms. The van der Waals surface area contributed by atoms with Gasteiger partial charge in [0.05, 0.1) is 12.0 Å². The van der Waals surface area contributed by atoms with Crippen LogP contribution in [0.4, 0.5) is 4.39 Å². The maximum atomic E-state index is 13.1. The summed E-state index contributed by atoms with van der Waals surface area (Å²) in [6, 6.07) is 17.0. The molecule has 4 heteroatoms. The Kier molecular flexibility index (Phi) is 7.21. The molecule has 1 N–H and O–H groups in total. The SMILES string of the molecule is CC(C)C[C@H](NC(=O)[C@@H]1CCCN(Cc2ccc(F)cc2)C1)c1ccccc1. The Morgan fingerprint density at radius 3 is 2.54 bits per heavy atom. The van der Waals surface area contributed by atoms with Gasteiger partial charge in [0.15, 0.2) is 0 Å². The highest BCUT2D eigenvalue weighted by atomic mass is 19.1. The Hall–Kier alpha value is -2.20. The van der Waals surface area contributed by atoms with Crippen molar-refractivity contribution >= 4 is 5.91 Å². The minimum absolute atomic E-state index is 0.00701. The molecule has 1 saturated heterocycles. The summed E-state index contributed by atoms with van der Waals surface area (Å²) in [4.78, 5) is 15.3. The van der Waals surface area contributed by atoms with Crippen molar-refractivity contribution < 1.29 is 9.18 Å². The van der Waals surface area contributed by atoms with E-state index in [2.05, 4.69) is 36.2 Å². The number of rotatable bonds is 7. The van der Waals surface area contributed by atoms with Crippen LogP contribution >= 0.6 is 0 Å². The molecule has 1 fully saturated rings. The highest BCUT2D eigenvalue weighted by molar-refractivity contribution is 5.79. The number of amides is 1. The summed E-state index contributed by atoms with van der Waals surface area (Å²) in [5, 5.41) is 3.31. The second-order valence-corrected chi connectivity index (χ2v) is 8.30. The monoisotopic (exact) mass is 382 g/mol. The first-order chi connectivity index (χ1) is 13.5.